The Morgan fingerprint density at radius 2 is 1.92 bits per heavy atom. The third-order valence-corrected chi connectivity index (χ3v) is 5.54. The highest BCUT2D eigenvalue weighted by Crippen LogP contribution is 2.34. The molecule has 4 nitrogen and oxygen atoms in total. The number of carbonyl (C=O) groups is 1. The molecule has 3 atom stereocenters. The molecule has 1 saturated heterocycles. The van der Waals surface area contributed by atoms with E-state index in [0.29, 0.717) is 11.8 Å². The number of carbonyl (C=O) groups excluding carboxylic acids is 1. The predicted octanol–water partition coefficient (Wildman–Crippen LogP) is 3.98. The number of benzene rings is 2. The van der Waals surface area contributed by atoms with Crippen LogP contribution < -0.4 is 11.1 Å². The van der Waals surface area contributed by atoms with Gasteiger partial charge in [0.15, 0.2) is 0 Å². The molecule has 2 aromatic rings. The van der Waals surface area contributed by atoms with Crippen LogP contribution in [0, 0.1) is 0 Å². The van der Waals surface area contributed by atoms with Crippen LogP contribution in [0.2, 0.25) is 0 Å². The van der Waals surface area contributed by atoms with E-state index < -0.39 is 0 Å². The van der Waals surface area contributed by atoms with E-state index >= 15 is 0 Å². The Balaban J connectivity index is 1.56. The molecule has 1 aliphatic rings. The number of amides is 1. The fourth-order valence-electron chi connectivity index (χ4n) is 2.90. The van der Waals surface area contributed by atoms with Gasteiger partial charge in [0.05, 0.1) is 6.10 Å². The van der Waals surface area contributed by atoms with E-state index in [1.165, 1.54) is 10.5 Å². The van der Waals surface area contributed by atoms with Crippen LogP contribution in [0.3, 0.4) is 0 Å². The van der Waals surface area contributed by atoms with E-state index in [0.717, 1.165) is 18.5 Å². The monoisotopic (exact) mass is 356 g/mol. The Kier molecular flexibility index (Phi) is 6.13. The van der Waals surface area contributed by atoms with Crippen molar-refractivity contribution in [2.24, 2.45) is 5.73 Å². The molecule has 1 heterocycles. The maximum Gasteiger partial charge on any atom is 0.253 e. The third kappa shape index (κ3) is 4.84. The summed E-state index contributed by atoms with van der Waals surface area (Å²) in [6, 6.07) is 18.4. The first-order valence-electron chi connectivity index (χ1n) is 8.64. The Morgan fingerprint density at radius 1 is 1.20 bits per heavy atom. The maximum absolute atomic E-state index is 12.3. The number of hydrogen-bond donors (Lipinski definition) is 2. The van der Waals surface area contributed by atoms with Gasteiger partial charge in [-0.15, -0.1) is 11.8 Å². The summed E-state index contributed by atoms with van der Waals surface area (Å²) in [7, 11) is 0. The molecule has 3 rings (SSSR count). The summed E-state index contributed by atoms with van der Waals surface area (Å²) >= 11 is 1.82. The predicted molar refractivity (Wildman–Crippen MR) is 103 cm³/mol. The molecule has 0 saturated carbocycles. The van der Waals surface area contributed by atoms with Gasteiger partial charge in [-0.3, -0.25) is 4.79 Å². The van der Waals surface area contributed by atoms with Gasteiger partial charge in [-0.25, -0.2) is 0 Å². The standard InChI is InChI=1S/C20H24N2O2S/c1-14(25-18-5-3-2-4-6-18)15-7-9-16(10-8-15)22-20(23)19-12-11-17(13-21)24-19/h2-10,14,17,19H,11-13,21H2,1H3,(H,22,23)/t14?,17-,19+/m1/s1. The Bertz CT molecular complexity index is 691. The zero-order valence-corrected chi connectivity index (χ0v) is 15.2. The molecule has 0 aliphatic carbocycles. The van der Waals surface area contributed by atoms with Gasteiger partial charge >= 0.3 is 0 Å². The highest BCUT2D eigenvalue weighted by molar-refractivity contribution is 7.99. The largest absolute Gasteiger partial charge is 0.364 e. The molecule has 25 heavy (non-hydrogen) atoms. The van der Waals surface area contributed by atoms with Crippen LogP contribution in [0.15, 0.2) is 59.5 Å². The van der Waals surface area contributed by atoms with Crippen molar-refractivity contribution >= 4 is 23.4 Å². The number of anilines is 1. The summed E-state index contributed by atoms with van der Waals surface area (Å²) < 4.78 is 5.63. The molecule has 5 heteroatoms. The summed E-state index contributed by atoms with van der Waals surface area (Å²) in [4.78, 5) is 13.5. The first kappa shape index (κ1) is 18.0. The van der Waals surface area contributed by atoms with Crippen molar-refractivity contribution in [1.29, 1.82) is 0 Å². The average Bonchev–Trinajstić information content (AvgIpc) is 3.12. The third-order valence-electron chi connectivity index (χ3n) is 4.37. The minimum absolute atomic E-state index is 0.00832. The molecule has 2 aromatic carbocycles. The van der Waals surface area contributed by atoms with Crippen molar-refractivity contribution in [2.75, 3.05) is 11.9 Å². The van der Waals surface area contributed by atoms with Crippen molar-refractivity contribution in [3.8, 4) is 0 Å². The van der Waals surface area contributed by atoms with Crippen LogP contribution in [0.5, 0.6) is 0 Å². The van der Waals surface area contributed by atoms with E-state index in [9.17, 15) is 4.79 Å². The number of thioether (sulfide) groups is 1. The van der Waals surface area contributed by atoms with E-state index in [1.54, 1.807) is 0 Å². The molecular weight excluding hydrogens is 332 g/mol. The van der Waals surface area contributed by atoms with Gasteiger partial charge < -0.3 is 15.8 Å². The SMILES string of the molecule is CC(Sc1ccccc1)c1ccc(NC(=O)[C@@H]2CC[C@H](CN)O2)cc1. The van der Waals surface area contributed by atoms with Gasteiger partial charge in [0, 0.05) is 22.4 Å². The lowest BCUT2D eigenvalue weighted by atomic mass is 10.1. The Morgan fingerprint density at radius 3 is 2.56 bits per heavy atom. The molecule has 0 bridgehead atoms. The van der Waals surface area contributed by atoms with Crippen LogP contribution in [-0.4, -0.2) is 24.7 Å². The molecule has 3 N–H and O–H groups in total. The highest BCUT2D eigenvalue weighted by Gasteiger charge is 2.29. The fraction of sp³-hybridized carbons (Fsp3) is 0.350. The molecule has 0 radical (unpaired) electrons. The van der Waals surface area contributed by atoms with E-state index in [1.807, 2.05) is 42.1 Å². The van der Waals surface area contributed by atoms with Crippen LogP contribution >= 0.6 is 11.8 Å². The Hall–Kier alpha value is -1.82. The molecule has 1 aliphatic heterocycles. The molecule has 132 valence electrons. The lowest BCUT2D eigenvalue weighted by Crippen LogP contribution is -2.29. The van der Waals surface area contributed by atoms with Crippen molar-refractivity contribution in [3.63, 3.8) is 0 Å². The van der Waals surface area contributed by atoms with Gasteiger partial charge in [-0.05, 0) is 49.6 Å². The molecule has 0 aromatic heterocycles. The topological polar surface area (TPSA) is 64.4 Å². The zero-order chi connectivity index (χ0) is 17.6. The highest BCUT2D eigenvalue weighted by atomic mass is 32.2. The smallest absolute Gasteiger partial charge is 0.253 e. The average molecular weight is 356 g/mol. The number of rotatable bonds is 6. The van der Waals surface area contributed by atoms with Gasteiger partial charge in [0.25, 0.3) is 5.91 Å². The minimum atomic E-state index is -0.388. The lowest BCUT2D eigenvalue weighted by Gasteiger charge is -2.14. The van der Waals surface area contributed by atoms with E-state index in [4.69, 9.17) is 10.5 Å². The quantitative estimate of drug-likeness (QED) is 0.768. The summed E-state index contributed by atoms with van der Waals surface area (Å²) in [5.74, 6) is -0.0876. The van der Waals surface area contributed by atoms with Crippen LogP contribution in [0.1, 0.15) is 30.6 Å². The normalized spacial score (nSPS) is 21.0. The van der Waals surface area contributed by atoms with Crippen molar-refractivity contribution < 1.29 is 9.53 Å². The van der Waals surface area contributed by atoms with Crippen molar-refractivity contribution in [1.82, 2.24) is 0 Å². The first-order chi connectivity index (χ1) is 12.2. The number of nitrogens with two attached hydrogens (primary N) is 1. The van der Waals surface area contributed by atoms with Crippen molar-refractivity contribution in [2.45, 2.75) is 42.1 Å². The van der Waals surface area contributed by atoms with Crippen LogP contribution in [0.4, 0.5) is 5.69 Å². The molecule has 0 spiro atoms. The number of nitrogens with one attached hydrogen (secondary N) is 1. The lowest BCUT2D eigenvalue weighted by molar-refractivity contribution is -0.126. The van der Waals surface area contributed by atoms with Crippen molar-refractivity contribution in [3.05, 3.63) is 60.2 Å². The fourth-order valence-corrected chi connectivity index (χ4v) is 3.92. The maximum atomic E-state index is 12.3. The zero-order valence-electron chi connectivity index (χ0n) is 14.4. The summed E-state index contributed by atoms with van der Waals surface area (Å²) in [6.45, 7) is 2.65. The second-order valence-corrected chi connectivity index (χ2v) is 7.66. The van der Waals surface area contributed by atoms with E-state index in [-0.39, 0.29) is 18.1 Å². The Labute approximate surface area is 153 Å². The molecule has 1 unspecified atom stereocenters. The van der Waals surface area contributed by atoms with Gasteiger partial charge in [-0.1, -0.05) is 30.3 Å². The molecular formula is C20H24N2O2S. The minimum Gasteiger partial charge on any atom is -0.364 e. The van der Waals surface area contributed by atoms with Gasteiger partial charge in [-0.2, -0.15) is 0 Å². The summed E-state index contributed by atoms with van der Waals surface area (Å²) in [5, 5.41) is 3.28. The van der Waals surface area contributed by atoms with E-state index in [2.05, 4.69) is 36.5 Å². The second-order valence-electron chi connectivity index (χ2n) is 6.24. The summed E-state index contributed by atoms with van der Waals surface area (Å²) in [5.41, 5.74) is 7.62. The van der Waals surface area contributed by atoms with Gasteiger partial charge in [0.2, 0.25) is 0 Å². The van der Waals surface area contributed by atoms with Gasteiger partial charge in [0.1, 0.15) is 6.10 Å². The first-order valence-corrected chi connectivity index (χ1v) is 9.51. The molecule has 1 amide bonds. The molecule has 1 fully saturated rings. The number of ether oxygens (including phenoxy) is 1. The number of hydrogen-bond acceptors (Lipinski definition) is 4. The summed E-state index contributed by atoms with van der Waals surface area (Å²) in [6.07, 6.45) is 1.20. The van der Waals surface area contributed by atoms with Crippen LogP contribution in [-0.2, 0) is 9.53 Å². The second kappa shape index (κ2) is 8.52. The van der Waals surface area contributed by atoms with Crippen LogP contribution in [0.25, 0.3) is 0 Å².